The van der Waals surface area contributed by atoms with E-state index in [1.54, 1.807) is 30.7 Å². The minimum absolute atomic E-state index is 0.256. The van der Waals surface area contributed by atoms with Crippen molar-refractivity contribution in [3.8, 4) is 0 Å². The Kier molecular flexibility index (Phi) is 4.57. The van der Waals surface area contributed by atoms with Crippen molar-refractivity contribution in [1.82, 2.24) is 14.8 Å². The first-order valence-corrected chi connectivity index (χ1v) is 8.68. The Hall–Kier alpha value is -2.35. The van der Waals surface area contributed by atoms with Crippen molar-refractivity contribution in [2.45, 2.75) is 25.0 Å². The first kappa shape index (κ1) is 16.5. The lowest BCUT2D eigenvalue weighted by Crippen LogP contribution is -2.29. The van der Waals surface area contributed by atoms with Gasteiger partial charge >= 0.3 is 5.97 Å². The summed E-state index contributed by atoms with van der Waals surface area (Å²) in [6.45, 7) is 3.77. The number of benzene rings is 1. The minimum Gasteiger partial charge on any atom is -0.463 e. The first-order chi connectivity index (χ1) is 11.5. The number of rotatable bonds is 4. The highest BCUT2D eigenvalue weighted by atomic mass is 32.2. The van der Waals surface area contributed by atoms with Gasteiger partial charge in [0.05, 0.1) is 12.2 Å². The normalized spacial score (nSPS) is 16.6. The SMILES string of the molecule is CCOC(=O)C1=C(C)Nc2nc(SC)nn2[C@@H]1c1cccc(F)c1. The van der Waals surface area contributed by atoms with Crippen LogP contribution in [-0.4, -0.2) is 33.6 Å². The van der Waals surface area contributed by atoms with Crippen LogP contribution >= 0.6 is 11.8 Å². The van der Waals surface area contributed by atoms with Gasteiger partial charge in [-0.15, -0.1) is 5.10 Å². The molecule has 1 aliphatic heterocycles. The van der Waals surface area contributed by atoms with E-state index < -0.39 is 12.0 Å². The van der Waals surface area contributed by atoms with Crippen LogP contribution in [0.15, 0.2) is 40.7 Å². The summed E-state index contributed by atoms with van der Waals surface area (Å²) in [5.74, 6) is -0.318. The monoisotopic (exact) mass is 348 g/mol. The third-order valence-electron chi connectivity index (χ3n) is 3.68. The Morgan fingerprint density at radius 2 is 2.29 bits per heavy atom. The van der Waals surface area contributed by atoms with E-state index >= 15 is 0 Å². The molecule has 0 aliphatic carbocycles. The summed E-state index contributed by atoms with van der Waals surface area (Å²) in [5, 5.41) is 8.07. The topological polar surface area (TPSA) is 69.0 Å². The average Bonchev–Trinajstić information content (AvgIpc) is 2.96. The van der Waals surface area contributed by atoms with E-state index in [9.17, 15) is 9.18 Å². The number of aromatic nitrogens is 3. The number of nitrogens with zero attached hydrogens (tertiary/aromatic N) is 3. The quantitative estimate of drug-likeness (QED) is 0.677. The van der Waals surface area contributed by atoms with Gasteiger partial charge in [0, 0.05) is 5.70 Å². The van der Waals surface area contributed by atoms with E-state index in [4.69, 9.17) is 4.74 Å². The molecule has 3 rings (SSSR count). The molecule has 0 radical (unpaired) electrons. The highest BCUT2D eigenvalue weighted by molar-refractivity contribution is 7.98. The third-order valence-corrected chi connectivity index (χ3v) is 4.21. The van der Waals surface area contributed by atoms with Gasteiger partial charge in [-0.25, -0.2) is 13.9 Å². The van der Waals surface area contributed by atoms with Crippen molar-refractivity contribution in [2.24, 2.45) is 0 Å². The number of carbonyl (C=O) groups excluding carboxylic acids is 1. The fraction of sp³-hybridized carbons (Fsp3) is 0.312. The van der Waals surface area contributed by atoms with Gasteiger partial charge in [-0.05, 0) is 37.8 Å². The lowest BCUT2D eigenvalue weighted by molar-refractivity contribution is -0.139. The summed E-state index contributed by atoms with van der Waals surface area (Å²) < 4.78 is 20.5. The maximum absolute atomic E-state index is 13.7. The Balaban J connectivity index is 2.17. The zero-order valence-electron chi connectivity index (χ0n) is 13.5. The molecule has 6 nitrogen and oxygen atoms in total. The van der Waals surface area contributed by atoms with Crippen molar-refractivity contribution in [1.29, 1.82) is 0 Å². The van der Waals surface area contributed by atoms with Crippen LogP contribution in [0.2, 0.25) is 0 Å². The van der Waals surface area contributed by atoms with Crippen molar-refractivity contribution in [3.05, 3.63) is 46.9 Å². The van der Waals surface area contributed by atoms with Crippen LogP contribution in [0.25, 0.3) is 0 Å². The second kappa shape index (κ2) is 6.64. The van der Waals surface area contributed by atoms with Crippen LogP contribution in [0.1, 0.15) is 25.5 Å². The Bertz CT molecular complexity index is 818. The zero-order valence-corrected chi connectivity index (χ0v) is 14.4. The molecule has 24 heavy (non-hydrogen) atoms. The highest BCUT2D eigenvalue weighted by Crippen LogP contribution is 2.36. The highest BCUT2D eigenvalue weighted by Gasteiger charge is 2.35. The Morgan fingerprint density at radius 1 is 1.50 bits per heavy atom. The second-order valence-corrected chi connectivity index (χ2v) is 5.98. The number of halogens is 1. The molecule has 0 fully saturated rings. The number of ether oxygens (including phenoxy) is 1. The number of hydrogen-bond donors (Lipinski definition) is 1. The first-order valence-electron chi connectivity index (χ1n) is 7.46. The molecule has 126 valence electrons. The van der Waals surface area contributed by atoms with Gasteiger partial charge in [-0.2, -0.15) is 4.98 Å². The van der Waals surface area contributed by atoms with Crippen LogP contribution in [0.4, 0.5) is 10.3 Å². The van der Waals surface area contributed by atoms with Crippen molar-refractivity contribution in [2.75, 3.05) is 18.2 Å². The summed E-state index contributed by atoms with van der Waals surface area (Å²) in [6.07, 6.45) is 1.87. The number of esters is 1. The molecule has 0 unspecified atom stereocenters. The number of allylic oxidation sites excluding steroid dienone is 1. The van der Waals surface area contributed by atoms with Crippen molar-refractivity contribution in [3.63, 3.8) is 0 Å². The van der Waals surface area contributed by atoms with Crippen LogP contribution < -0.4 is 5.32 Å². The van der Waals surface area contributed by atoms with E-state index in [2.05, 4.69) is 15.4 Å². The lowest BCUT2D eigenvalue weighted by Gasteiger charge is -2.28. The molecule has 1 aromatic carbocycles. The molecule has 2 heterocycles. The molecular formula is C16H17FN4O2S. The Morgan fingerprint density at radius 3 is 2.96 bits per heavy atom. The summed E-state index contributed by atoms with van der Waals surface area (Å²) in [5.41, 5.74) is 1.63. The number of carbonyl (C=O) groups is 1. The van der Waals surface area contributed by atoms with Gasteiger partial charge in [-0.3, -0.25) is 0 Å². The summed E-state index contributed by atoms with van der Waals surface area (Å²) in [4.78, 5) is 16.9. The number of hydrogen-bond acceptors (Lipinski definition) is 6. The fourth-order valence-electron chi connectivity index (χ4n) is 2.68. The average molecular weight is 348 g/mol. The molecule has 1 aliphatic rings. The maximum Gasteiger partial charge on any atom is 0.338 e. The number of thioether (sulfide) groups is 1. The van der Waals surface area contributed by atoms with Gasteiger partial charge in [0.15, 0.2) is 0 Å². The molecule has 0 bridgehead atoms. The second-order valence-electron chi connectivity index (χ2n) is 5.21. The van der Waals surface area contributed by atoms with Gasteiger partial charge < -0.3 is 10.1 Å². The van der Waals surface area contributed by atoms with Crippen LogP contribution in [0, 0.1) is 5.82 Å². The molecule has 1 aromatic heterocycles. The predicted molar refractivity (Wildman–Crippen MR) is 89.3 cm³/mol. The molecule has 1 N–H and O–H groups in total. The molecule has 0 amide bonds. The minimum atomic E-state index is -0.593. The van der Waals surface area contributed by atoms with E-state index in [0.29, 0.717) is 27.9 Å². The van der Waals surface area contributed by atoms with Crippen molar-refractivity contribution < 1.29 is 13.9 Å². The van der Waals surface area contributed by atoms with E-state index in [-0.39, 0.29) is 12.4 Å². The van der Waals surface area contributed by atoms with Gasteiger partial charge in [-0.1, -0.05) is 23.9 Å². The van der Waals surface area contributed by atoms with Gasteiger partial charge in [0.1, 0.15) is 11.9 Å². The van der Waals surface area contributed by atoms with Crippen LogP contribution in [-0.2, 0) is 9.53 Å². The molecule has 0 saturated carbocycles. The molecule has 2 aromatic rings. The molecular weight excluding hydrogens is 331 g/mol. The molecule has 0 saturated heterocycles. The number of anilines is 1. The third kappa shape index (κ3) is 2.89. The smallest absolute Gasteiger partial charge is 0.338 e. The molecule has 1 atom stereocenters. The molecule has 8 heteroatoms. The van der Waals surface area contributed by atoms with E-state index in [1.165, 1.54) is 23.9 Å². The largest absolute Gasteiger partial charge is 0.463 e. The zero-order chi connectivity index (χ0) is 17.3. The number of fused-ring (bicyclic) bond motifs is 1. The van der Waals surface area contributed by atoms with E-state index in [0.717, 1.165) is 0 Å². The summed E-state index contributed by atoms with van der Waals surface area (Å²) in [7, 11) is 0. The Labute approximate surface area is 143 Å². The fourth-order valence-corrected chi connectivity index (χ4v) is 3.02. The number of nitrogens with one attached hydrogen (secondary N) is 1. The van der Waals surface area contributed by atoms with Gasteiger partial charge in [0.25, 0.3) is 0 Å². The molecule has 0 spiro atoms. The standard InChI is InChI=1S/C16H17FN4O2S/c1-4-23-14(22)12-9(2)18-15-19-16(24-3)20-21(15)13(12)10-6-5-7-11(17)8-10/h5-8,13H,4H2,1-3H3,(H,18,19,20)/t13-/m1/s1. The predicted octanol–water partition coefficient (Wildman–Crippen LogP) is 2.99. The van der Waals surface area contributed by atoms with Gasteiger partial charge in [0.2, 0.25) is 11.1 Å². The summed E-state index contributed by atoms with van der Waals surface area (Å²) >= 11 is 1.39. The summed E-state index contributed by atoms with van der Waals surface area (Å²) in [6, 6.07) is 5.53. The van der Waals surface area contributed by atoms with E-state index in [1.807, 2.05) is 6.26 Å². The van der Waals surface area contributed by atoms with Crippen LogP contribution in [0.3, 0.4) is 0 Å². The lowest BCUT2D eigenvalue weighted by atomic mass is 9.96. The van der Waals surface area contributed by atoms with Crippen LogP contribution in [0.5, 0.6) is 0 Å². The maximum atomic E-state index is 13.7. The van der Waals surface area contributed by atoms with Crippen molar-refractivity contribution >= 4 is 23.7 Å².